The molecule has 0 aliphatic rings. The standard InChI is InChI=1S/C18H20N4O2S/c19-14-8-6-13(7-9-14)10-11-20-16(23)4-1-5-17-21-18(22-24-17)15-3-2-12-25-15/h2-3,6-9,12H,1,4-5,10-11,19H2,(H,20,23). The van der Waals surface area contributed by atoms with Gasteiger partial charge >= 0.3 is 0 Å². The number of rotatable bonds is 8. The summed E-state index contributed by atoms with van der Waals surface area (Å²) in [5.74, 6) is 1.21. The number of carbonyl (C=O) groups is 1. The molecular weight excluding hydrogens is 336 g/mol. The number of thiophene rings is 1. The lowest BCUT2D eigenvalue weighted by Gasteiger charge is -2.05. The first-order valence-corrected chi connectivity index (χ1v) is 9.06. The van der Waals surface area contributed by atoms with Crippen LogP contribution in [-0.4, -0.2) is 22.6 Å². The molecular formula is C18H20N4O2S. The predicted molar refractivity (Wildman–Crippen MR) is 98.1 cm³/mol. The van der Waals surface area contributed by atoms with Crippen LogP contribution in [0.15, 0.2) is 46.3 Å². The van der Waals surface area contributed by atoms with E-state index < -0.39 is 0 Å². The van der Waals surface area contributed by atoms with E-state index in [4.69, 9.17) is 10.3 Å². The lowest BCUT2D eigenvalue weighted by molar-refractivity contribution is -0.121. The zero-order valence-electron chi connectivity index (χ0n) is 13.8. The van der Waals surface area contributed by atoms with Gasteiger partial charge in [0.2, 0.25) is 17.6 Å². The number of nitrogen functional groups attached to an aromatic ring is 1. The molecule has 6 nitrogen and oxygen atoms in total. The van der Waals surface area contributed by atoms with E-state index in [0.717, 1.165) is 22.5 Å². The summed E-state index contributed by atoms with van der Waals surface area (Å²) < 4.78 is 5.22. The summed E-state index contributed by atoms with van der Waals surface area (Å²) in [7, 11) is 0. The summed E-state index contributed by atoms with van der Waals surface area (Å²) in [4.78, 5) is 17.2. The van der Waals surface area contributed by atoms with Gasteiger partial charge in [-0.15, -0.1) is 11.3 Å². The fraction of sp³-hybridized carbons (Fsp3) is 0.278. The number of amides is 1. The van der Waals surface area contributed by atoms with Crippen molar-refractivity contribution in [1.29, 1.82) is 0 Å². The Balaban J connectivity index is 1.34. The summed E-state index contributed by atoms with van der Waals surface area (Å²) in [6, 6.07) is 11.6. The zero-order chi connectivity index (χ0) is 17.5. The molecule has 0 radical (unpaired) electrons. The number of nitrogens with one attached hydrogen (secondary N) is 1. The van der Waals surface area contributed by atoms with Crippen LogP contribution in [0.25, 0.3) is 10.7 Å². The molecule has 0 fully saturated rings. The number of aromatic nitrogens is 2. The van der Waals surface area contributed by atoms with Gasteiger partial charge in [0.1, 0.15) is 0 Å². The third kappa shape index (κ3) is 5.15. The molecule has 0 saturated carbocycles. The molecule has 0 spiro atoms. The van der Waals surface area contributed by atoms with Crippen molar-refractivity contribution in [3.8, 4) is 10.7 Å². The Morgan fingerprint density at radius 3 is 2.80 bits per heavy atom. The highest BCUT2D eigenvalue weighted by atomic mass is 32.1. The molecule has 0 unspecified atom stereocenters. The minimum atomic E-state index is 0.0356. The van der Waals surface area contributed by atoms with Crippen LogP contribution in [0.2, 0.25) is 0 Å². The van der Waals surface area contributed by atoms with Crippen LogP contribution in [0, 0.1) is 0 Å². The number of anilines is 1. The Kier molecular flexibility index (Phi) is 5.79. The number of hydrogen-bond acceptors (Lipinski definition) is 6. The number of aryl methyl sites for hydroxylation is 1. The Hall–Kier alpha value is -2.67. The Labute approximate surface area is 150 Å². The van der Waals surface area contributed by atoms with E-state index in [1.165, 1.54) is 0 Å². The van der Waals surface area contributed by atoms with Gasteiger partial charge in [-0.05, 0) is 42.0 Å². The van der Waals surface area contributed by atoms with E-state index in [2.05, 4.69) is 15.5 Å². The van der Waals surface area contributed by atoms with Crippen molar-refractivity contribution in [3.63, 3.8) is 0 Å². The van der Waals surface area contributed by atoms with Crippen molar-refractivity contribution in [1.82, 2.24) is 15.5 Å². The van der Waals surface area contributed by atoms with Gasteiger partial charge in [0.15, 0.2) is 0 Å². The van der Waals surface area contributed by atoms with Crippen molar-refractivity contribution in [3.05, 3.63) is 53.2 Å². The Morgan fingerprint density at radius 1 is 1.20 bits per heavy atom. The topological polar surface area (TPSA) is 94.0 Å². The first-order chi connectivity index (χ1) is 12.2. The van der Waals surface area contributed by atoms with Gasteiger partial charge in [0.05, 0.1) is 4.88 Å². The van der Waals surface area contributed by atoms with Gasteiger partial charge in [0.25, 0.3) is 0 Å². The number of hydrogen-bond donors (Lipinski definition) is 2. The van der Waals surface area contributed by atoms with E-state index >= 15 is 0 Å². The third-order valence-corrected chi connectivity index (χ3v) is 4.59. The largest absolute Gasteiger partial charge is 0.399 e. The SMILES string of the molecule is Nc1ccc(CCNC(=O)CCCc2nc(-c3cccs3)no2)cc1. The lowest BCUT2D eigenvalue weighted by Crippen LogP contribution is -2.25. The molecule has 7 heteroatoms. The molecule has 0 aliphatic heterocycles. The predicted octanol–water partition coefficient (Wildman–Crippen LogP) is 3.06. The second-order valence-electron chi connectivity index (χ2n) is 5.68. The highest BCUT2D eigenvalue weighted by Gasteiger charge is 2.10. The van der Waals surface area contributed by atoms with E-state index in [-0.39, 0.29) is 5.91 Å². The van der Waals surface area contributed by atoms with Gasteiger partial charge in [0, 0.05) is 25.1 Å². The van der Waals surface area contributed by atoms with Crippen LogP contribution >= 0.6 is 11.3 Å². The monoisotopic (exact) mass is 356 g/mol. The van der Waals surface area contributed by atoms with Crippen LogP contribution in [0.1, 0.15) is 24.3 Å². The first kappa shape index (κ1) is 17.2. The lowest BCUT2D eigenvalue weighted by atomic mass is 10.1. The molecule has 0 aliphatic carbocycles. The molecule has 0 saturated heterocycles. The molecule has 3 aromatic rings. The maximum absolute atomic E-state index is 11.9. The van der Waals surface area contributed by atoms with Gasteiger partial charge < -0.3 is 15.6 Å². The summed E-state index contributed by atoms with van der Waals surface area (Å²) in [6.45, 7) is 0.617. The van der Waals surface area contributed by atoms with E-state index in [1.54, 1.807) is 11.3 Å². The fourth-order valence-electron chi connectivity index (χ4n) is 2.38. The summed E-state index contributed by atoms with van der Waals surface area (Å²) in [6.07, 6.45) is 2.52. The maximum atomic E-state index is 11.9. The molecule has 3 N–H and O–H groups in total. The molecule has 3 rings (SSSR count). The van der Waals surface area contributed by atoms with Crippen LogP contribution < -0.4 is 11.1 Å². The van der Waals surface area contributed by atoms with E-state index in [9.17, 15) is 4.79 Å². The highest BCUT2D eigenvalue weighted by molar-refractivity contribution is 7.13. The molecule has 1 aromatic carbocycles. The molecule has 0 bridgehead atoms. The van der Waals surface area contributed by atoms with Gasteiger partial charge in [-0.1, -0.05) is 23.4 Å². The van der Waals surface area contributed by atoms with Crippen molar-refractivity contribution in [2.45, 2.75) is 25.7 Å². The quantitative estimate of drug-likeness (QED) is 0.605. The van der Waals surface area contributed by atoms with Gasteiger partial charge in [-0.25, -0.2) is 0 Å². The van der Waals surface area contributed by atoms with E-state index in [1.807, 2.05) is 41.8 Å². The minimum absolute atomic E-state index is 0.0356. The van der Waals surface area contributed by atoms with Crippen molar-refractivity contribution < 1.29 is 9.32 Å². The zero-order valence-corrected chi connectivity index (χ0v) is 14.6. The number of benzene rings is 1. The Bertz CT molecular complexity index is 797. The highest BCUT2D eigenvalue weighted by Crippen LogP contribution is 2.21. The fourth-order valence-corrected chi connectivity index (χ4v) is 3.03. The third-order valence-electron chi connectivity index (χ3n) is 3.72. The second kappa shape index (κ2) is 8.43. The van der Waals surface area contributed by atoms with E-state index in [0.29, 0.717) is 37.5 Å². The van der Waals surface area contributed by atoms with Gasteiger partial charge in [-0.2, -0.15) is 4.98 Å². The number of nitrogens with two attached hydrogens (primary N) is 1. The molecule has 2 aromatic heterocycles. The van der Waals surface area contributed by atoms with Crippen LogP contribution in [0.3, 0.4) is 0 Å². The number of nitrogens with zero attached hydrogens (tertiary/aromatic N) is 2. The summed E-state index contributed by atoms with van der Waals surface area (Å²) >= 11 is 1.57. The van der Waals surface area contributed by atoms with Crippen LogP contribution in [0.5, 0.6) is 0 Å². The maximum Gasteiger partial charge on any atom is 0.226 e. The van der Waals surface area contributed by atoms with Gasteiger partial charge in [-0.3, -0.25) is 4.79 Å². The second-order valence-corrected chi connectivity index (χ2v) is 6.63. The smallest absolute Gasteiger partial charge is 0.226 e. The van der Waals surface area contributed by atoms with Crippen molar-refractivity contribution in [2.24, 2.45) is 0 Å². The summed E-state index contributed by atoms with van der Waals surface area (Å²) in [5.41, 5.74) is 7.55. The average Bonchev–Trinajstić information content (AvgIpc) is 3.28. The van der Waals surface area contributed by atoms with Crippen molar-refractivity contribution in [2.75, 3.05) is 12.3 Å². The van der Waals surface area contributed by atoms with Crippen molar-refractivity contribution >= 4 is 22.9 Å². The average molecular weight is 356 g/mol. The first-order valence-electron chi connectivity index (χ1n) is 8.18. The molecule has 2 heterocycles. The van der Waals surface area contributed by atoms with Crippen LogP contribution in [-0.2, 0) is 17.6 Å². The molecule has 25 heavy (non-hydrogen) atoms. The van der Waals surface area contributed by atoms with Crippen LogP contribution in [0.4, 0.5) is 5.69 Å². The minimum Gasteiger partial charge on any atom is -0.399 e. The number of carbonyl (C=O) groups excluding carboxylic acids is 1. The normalized spacial score (nSPS) is 10.7. The molecule has 0 atom stereocenters. The summed E-state index contributed by atoms with van der Waals surface area (Å²) in [5, 5.41) is 8.86. The molecule has 130 valence electrons. The Morgan fingerprint density at radius 2 is 2.04 bits per heavy atom. The molecule has 1 amide bonds.